The molecule has 1 saturated heterocycles. The van der Waals surface area contributed by atoms with Crippen molar-refractivity contribution in [1.82, 2.24) is 29.4 Å². The molecule has 1 aliphatic heterocycles. The molecule has 3 heterocycles. The van der Waals surface area contributed by atoms with E-state index >= 15 is 0 Å². The molecule has 2 aromatic heterocycles. The van der Waals surface area contributed by atoms with Crippen LogP contribution < -0.4 is 5.56 Å². The van der Waals surface area contributed by atoms with Gasteiger partial charge in [-0.3, -0.25) is 19.6 Å². The Morgan fingerprint density at radius 1 is 1.07 bits per heavy atom. The summed E-state index contributed by atoms with van der Waals surface area (Å²) in [5, 5.41) is 2.70. The van der Waals surface area contributed by atoms with Crippen LogP contribution in [-0.4, -0.2) is 67.5 Å². The van der Waals surface area contributed by atoms with Crippen LogP contribution in [0.3, 0.4) is 0 Å². The second-order valence-electron chi connectivity index (χ2n) is 7.49. The monoisotopic (exact) mass is 378 g/mol. The van der Waals surface area contributed by atoms with Crippen molar-refractivity contribution in [3.05, 3.63) is 63.8 Å². The molecule has 1 aromatic carbocycles. The molecule has 1 N–H and O–H groups in total. The average Bonchev–Trinajstić information content (AvgIpc) is 3.23. The van der Waals surface area contributed by atoms with Gasteiger partial charge in [-0.05, 0) is 30.4 Å². The van der Waals surface area contributed by atoms with E-state index in [4.69, 9.17) is 0 Å². The first kappa shape index (κ1) is 17.1. The molecule has 8 heteroatoms. The highest BCUT2D eigenvalue weighted by Gasteiger charge is 2.30. The van der Waals surface area contributed by atoms with E-state index in [2.05, 4.69) is 44.2 Å². The minimum atomic E-state index is -0.404. The van der Waals surface area contributed by atoms with E-state index < -0.39 is 5.56 Å². The first-order chi connectivity index (χ1) is 13.7. The lowest BCUT2D eigenvalue weighted by molar-refractivity contribution is 0.0551. The molecule has 144 valence electrons. The van der Waals surface area contributed by atoms with Gasteiger partial charge in [0.25, 0.3) is 17.2 Å². The topological polar surface area (TPSA) is 86.6 Å². The predicted molar refractivity (Wildman–Crippen MR) is 103 cm³/mol. The fourth-order valence-corrected chi connectivity index (χ4v) is 4.40. The molecular formula is C20H22N6O2. The first-order valence-corrected chi connectivity index (χ1v) is 9.72. The van der Waals surface area contributed by atoms with E-state index in [0.717, 1.165) is 32.4 Å². The van der Waals surface area contributed by atoms with Gasteiger partial charge in [-0.25, -0.2) is 9.97 Å². The van der Waals surface area contributed by atoms with Crippen molar-refractivity contribution < 1.29 is 4.79 Å². The molecule has 0 spiro atoms. The Hall–Kier alpha value is -3.00. The van der Waals surface area contributed by atoms with Crippen LogP contribution in [0.1, 0.15) is 27.9 Å². The van der Waals surface area contributed by atoms with Crippen LogP contribution in [0.4, 0.5) is 0 Å². The van der Waals surface area contributed by atoms with Crippen LogP contribution >= 0.6 is 0 Å². The summed E-state index contributed by atoms with van der Waals surface area (Å²) in [6, 6.07) is 9.21. The zero-order valence-electron chi connectivity index (χ0n) is 15.5. The number of nitrogens with one attached hydrogen (secondary N) is 1. The number of hydrogen-bond donors (Lipinski definition) is 1. The van der Waals surface area contributed by atoms with Crippen LogP contribution in [0, 0.1) is 0 Å². The molecule has 0 unspecified atom stereocenters. The van der Waals surface area contributed by atoms with Gasteiger partial charge >= 0.3 is 0 Å². The highest BCUT2D eigenvalue weighted by Crippen LogP contribution is 2.25. The number of piperazine rings is 1. The van der Waals surface area contributed by atoms with Crippen LogP contribution in [0.5, 0.6) is 0 Å². The lowest BCUT2D eigenvalue weighted by Gasteiger charge is -2.41. The number of carbonyl (C=O) groups is 1. The second kappa shape index (κ2) is 6.87. The summed E-state index contributed by atoms with van der Waals surface area (Å²) in [7, 11) is 0. The highest BCUT2D eigenvalue weighted by molar-refractivity contribution is 5.93. The summed E-state index contributed by atoms with van der Waals surface area (Å²) < 4.78 is 1.20. The van der Waals surface area contributed by atoms with E-state index in [1.807, 2.05) is 0 Å². The lowest BCUT2D eigenvalue weighted by atomic mass is 9.87. The van der Waals surface area contributed by atoms with Crippen LogP contribution in [0.15, 0.2) is 41.6 Å². The SMILES string of the molecule is O=C(c1cnc2nc[nH]n2c1=O)N1CCN([C@@H]2CCc3ccccc3C2)CC1. The smallest absolute Gasteiger partial charge is 0.286 e. The summed E-state index contributed by atoms with van der Waals surface area (Å²) in [5.41, 5.74) is 2.60. The van der Waals surface area contributed by atoms with Crippen LogP contribution in [0.2, 0.25) is 0 Å². The fraction of sp³-hybridized carbons (Fsp3) is 0.400. The molecule has 5 rings (SSSR count). The van der Waals surface area contributed by atoms with Crippen molar-refractivity contribution in [3.8, 4) is 0 Å². The Morgan fingerprint density at radius 2 is 1.86 bits per heavy atom. The normalized spacial score (nSPS) is 20.3. The van der Waals surface area contributed by atoms with Crippen molar-refractivity contribution in [3.63, 3.8) is 0 Å². The number of hydrogen-bond acceptors (Lipinski definition) is 5. The number of H-pyrrole nitrogens is 1. The Labute approximate surface area is 161 Å². The molecule has 0 saturated carbocycles. The zero-order valence-corrected chi connectivity index (χ0v) is 15.5. The largest absolute Gasteiger partial charge is 0.336 e. The predicted octanol–water partition coefficient (Wildman–Crippen LogP) is 0.733. The fourth-order valence-electron chi connectivity index (χ4n) is 4.40. The van der Waals surface area contributed by atoms with Gasteiger partial charge < -0.3 is 4.90 Å². The average molecular weight is 378 g/mol. The Bertz CT molecular complexity index is 1080. The minimum Gasteiger partial charge on any atom is -0.336 e. The van der Waals surface area contributed by atoms with Gasteiger partial charge in [0.15, 0.2) is 0 Å². The number of nitrogens with zero attached hydrogens (tertiary/aromatic N) is 5. The van der Waals surface area contributed by atoms with E-state index in [1.165, 1.54) is 28.2 Å². The third-order valence-electron chi connectivity index (χ3n) is 5.98. The standard InChI is InChI=1S/C20H22N6O2/c27-18(17-12-21-20-22-13-23-26(20)19(17)28)25-9-7-24(8-10-25)16-6-5-14-3-1-2-4-15(14)11-16/h1-4,12-13,16H,5-11H2,(H,21,22,23)/t16-/m1/s1. The van der Waals surface area contributed by atoms with Crippen LogP contribution in [0.25, 0.3) is 5.78 Å². The molecule has 1 fully saturated rings. The van der Waals surface area contributed by atoms with E-state index in [9.17, 15) is 9.59 Å². The van der Waals surface area contributed by atoms with Gasteiger partial charge in [-0.2, -0.15) is 4.52 Å². The summed E-state index contributed by atoms with van der Waals surface area (Å²) in [5.74, 6) is 0.0130. The molecule has 1 amide bonds. The number of aryl methyl sites for hydroxylation is 1. The molecular weight excluding hydrogens is 356 g/mol. The number of amides is 1. The van der Waals surface area contributed by atoms with Crippen molar-refractivity contribution in [1.29, 1.82) is 0 Å². The zero-order chi connectivity index (χ0) is 19.1. The third-order valence-corrected chi connectivity index (χ3v) is 5.98. The maximum atomic E-state index is 12.9. The van der Waals surface area contributed by atoms with Gasteiger partial charge in [0.05, 0.1) is 0 Å². The molecule has 2 aliphatic rings. The van der Waals surface area contributed by atoms with Crippen molar-refractivity contribution in [2.45, 2.75) is 25.3 Å². The number of aromatic amines is 1. The number of fused-ring (bicyclic) bond motifs is 2. The molecule has 1 atom stereocenters. The molecule has 1 aliphatic carbocycles. The summed E-state index contributed by atoms with van der Waals surface area (Å²) in [6.45, 7) is 2.92. The van der Waals surface area contributed by atoms with Crippen molar-refractivity contribution in [2.24, 2.45) is 0 Å². The van der Waals surface area contributed by atoms with Gasteiger partial charge in [0.2, 0.25) is 0 Å². The molecule has 8 nitrogen and oxygen atoms in total. The quantitative estimate of drug-likeness (QED) is 0.711. The maximum absolute atomic E-state index is 12.9. The summed E-state index contributed by atoms with van der Waals surface area (Å²) in [4.78, 5) is 37.6. The summed E-state index contributed by atoms with van der Waals surface area (Å²) in [6.07, 6.45) is 6.08. The number of aromatic nitrogens is 4. The van der Waals surface area contributed by atoms with Gasteiger partial charge in [-0.15, -0.1) is 0 Å². The van der Waals surface area contributed by atoms with Gasteiger partial charge in [-0.1, -0.05) is 24.3 Å². The number of rotatable bonds is 2. The maximum Gasteiger partial charge on any atom is 0.286 e. The minimum absolute atomic E-state index is 0.0850. The molecule has 3 aromatic rings. The van der Waals surface area contributed by atoms with Crippen LogP contribution in [-0.2, 0) is 12.8 Å². The van der Waals surface area contributed by atoms with Crippen molar-refractivity contribution >= 4 is 11.7 Å². The van der Waals surface area contributed by atoms with Gasteiger partial charge in [0, 0.05) is 38.4 Å². The second-order valence-corrected chi connectivity index (χ2v) is 7.49. The Balaban J connectivity index is 1.26. The molecule has 28 heavy (non-hydrogen) atoms. The molecule has 0 bridgehead atoms. The Kier molecular flexibility index (Phi) is 4.20. The third kappa shape index (κ3) is 2.90. The van der Waals surface area contributed by atoms with Gasteiger partial charge in [0.1, 0.15) is 11.9 Å². The van der Waals surface area contributed by atoms with E-state index in [1.54, 1.807) is 4.90 Å². The summed E-state index contributed by atoms with van der Waals surface area (Å²) >= 11 is 0. The van der Waals surface area contributed by atoms with Crippen molar-refractivity contribution in [2.75, 3.05) is 26.2 Å². The first-order valence-electron chi connectivity index (χ1n) is 9.72. The number of carbonyl (C=O) groups excluding carboxylic acids is 1. The number of benzene rings is 1. The lowest BCUT2D eigenvalue weighted by Crippen LogP contribution is -2.53. The highest BCUT2D eigenvalue weighted by atomic mass is 16.2. The Morgan fingerprint density at radius 3 is 2.68 bits per heavy atom. The molecule has 0 radical (unpaired) electrons. The van der Waals surface area contributed by atoms with E-state index in [0.29, 0.717) is 19.1 Å². The van der Waals surface area contributed by atoms with E-state index in [-0.39, 0.29) is 17.2 Å².